The zero-order valence-corrected chi connectivity index (χ0v) is 8.28. The van der Waals surface area contributed by atoms with Crippen LogP contribution < -0.4 is 0 Å². The average Bonchev–Trinajstić information content (AvgIpc) is 2.39. The number of hydrogen-bond donors (Lipinski definition) is 1. The van der Waals surface area contributed by atoms with Gasteiger partial charge in [0, 0.05) is 6.20 Å². The Morgan fingerprint density at radius 2 is 2.17 bits per heavy atom. The molecule has 0 aliphatic carbocycles. The number of rotatable bonds is 2. The molecule has 1 N–H and O–H groups in total. The third-order valence-corrected chi connectivity index (χ3v) is 1.21. The molecule has 1 aromatic heterocycles. The van der Waals surface area contributed by atoms with Gasteiger partial charge in [-0.25, -0.2) is 0 Å². The van der Waals surface area contributed by atoms with Crippen molar-refractivity contribution in [2.24, 2.45) is 0 Å². The molecule has 0 amide bonds. The van der Waals surface area contributed by atoms with E-state index in [1.165, 1.54) is 0 Å². The zero-order chi connectivity index (χ0) is 9.56. The van der Waals surface area contributed by atoms with Crippen LogP contribution in [0.25, 0.3) is 0 Å². The normalized spacial score (nSPS) is 11.8. The van der Waals surface area contributed by atoms with Crippen LogP contribution >= 0.6 is 0 Å². The van der Waals surface area contributed by atoms with E-state index in [0.29, 0.717) is 6.54 Å². The van der Waals surface area contributed by atoms with Crippen molar-refractivity contribution in [1.82, 2.24) is 9.78 Å². The molecule has 1 heterocycles. The molecule has 0 aromatic carbocycles. The number of aryl methyl sites for hydroxylation is 1. The summed E-state index contributed by atoms with van der Waals surface area (Å²) in [6.45, 7) is 8.30. The summed E-state index contributed by atoms with van der Waals surface area (Å²) in [4.78, 5) is 0. The van der Waals surface area contributed by atoms with Crippen molar-refractivity contribution in [3.63, 3.8) is 0 Å². The Kier molecular flexibility index (Phi) is 5.37. The van der Waals surface area contributed by atoms with Crippen LogP contribution in [0.1, 0.15) is 26.3 Å². The molecule has 0 aliphatic rings. The SMILES string of the molecule is CC.Cc1cnn(CC(C)O)c1. The van der Waals surface area contributed by atoms with Crippen LogP contribution in [0.5, 0.6) is 0 Å². The molecule has 12 heavy (non-hydrogen) atoms. The van der Waals surface area contributed by atoms with Gasteiger partial charge in [0.15, 0.2) is 0 Å². The van der Waals surface area contributed by atoms with Crippen LogP contribution in [0, 0.1) is 6.92 Å². The third kappa shape index (κ3) is 4.13. The molecule has 0 radical (unpaired) electrons. The number of hydrogen-bond acceptors (Lipinski definition) is 2. The summed E-state index contributed by atoms with van der Waals surface area (Å²) in [5.41, 5.74) is 1.13. The predicted molar refractivity (Wildman–Crippen MR) is 50.0 cm³/mol. The molecule has 0 aliphatic heterocycles. The van der Waals surface area contributed by atoms with Gasteiger partial charge in [-0.15, -0.1) is 0 Å². The van der Waals surface area contributed by atoms with Gasteiger partial charge in [0.25, 0.3) is 0 Å². The molecule has 1 unspecified atom stereocenters. The van der Waals surface area contributed by atoms with Crippen molar-refractivity contribution < 1.29 is 5.11 Å². The van der Waals surface area contributed by atoms with E-state index < -0.39 is 0 Å². The van der Waals surface area contributed by atoms with Crippen molar-refractivity contribution in [3.05, 3.63) is 18.0 Å². The number of aromatic nitrogens is 2. The molecular weight excluding hydrogens is 152 g/mol. The van der Waals surface area contributed by atoms with Gasteiger partial charge in [0.05, 0.1) is 18.8 Å². The van der Waals surface area contributed by atoms with Crippen LogP contribution in [0.3, 0.4) is 0 Å². The fourth-order valence-electron chi connectivity index (χ4n) is 0.838. The first-order chi connectivity index (χ1) is 5.68. The van der Waals surface area contributed by atoms with Crippen molar-refractivity contribution >= 4 is 0 Å². The monoisotopic (exact) mass is 170 g/mol. The Hall–Kier alpha value is -0.830. The molecule has 0 saturated heterocycles. The molecule has 3 heteroatoms. The zero-order valence-electron chi connectivity index (χ0n) is 8.28. The summed E-state index contributed by atoms with van der Waals surface area (Å²) < 4.78 is 1.74. The molecule has 0 bridgehead atoms. The lowest BCUT2D eigenvalue weighted by atomic mass is 10.4. The molecule has 3 nitrogen and oxygen atoms in total. The van der Waals surface area contributed by atoms with Crippen LogP contribution in [0.15, 0.2) is 12.4 Å². The average molecular weight is 170 g/mol. The second-order valence-corrected chi connectivity index (χ2v) is 2.59. The van der Waals surface area contributed by atoms with Crippen molar-refractivity contribution in [2.75, 3.05) is 0 Å². The van der Waals surface area contributed by atoms with Crippen molar-refractivity contribution in [3.8, 4) is 0 Å². The number of aliphatic hydroxyl groups excluding tert-OH is 1. The molecule has 1 aromatic rings. The van der Waals surface area contributed by atoms with E-state index >= 15 is 0 Å². The van der Waals surface area contributed by atoms with Crippen molar-refractivity contribution in [1.29, 1.82) is 0 Å². The second kappa shape index (κ2) is 5.77. The fraction of sp³-hybridized carbons (Fsp3) is 0.667. The van der Waals surface area contributed by atoms with Gasteiger partial charge in [0.2, 0.25) is 0 Å². The fourth-order valence-corrected chi connectivity index (χ4v) is 0.838. The highest BCUT2D eigenvalue weighted by Crippen LogP contribution is 1.95. The largest absolute Gasteiger partial charge is 0.391 e. The molecule has 1 rings (SSSR count). The summed E-state index contributed by atoms with van der Waals surface area (Å²) in [5, 5.41) is 13.0. The maximum absolute atomic E-state index is 8.95. The van der Waals surface area contributed by atoms with Crippen LogP contribution in [-0.2, 0) is 6.54 Å². The minimum Gasteiger partial charge on any atom is -0.391 e. The molecule has 0 saturated carbocycles. The quantitative estimate of drug-likeness (QED) is 0.732. The molecular formula is C9H18N2O. The lowest BCUT2D eigenvalue weighted by molar-refractivity contribution is 0.168. The van der Waals surface area contributed by atoms with Gasteiger partial charge in [-0.2, -0.15) is 5.10 Å². The van der Waals surface area contributed by atoms with Gasteiger partial charge in [-0.3, -0.25) is 4.68 Å². The van der Waals surface area contributed by atoms with Crippen LogP contribution in [0.2, 0.25) is 0 Å². The summed E-state index contributed by atoms with van der Waals surface area (Å²) in [5.74, 6) is 0. The van der Waals surface area contributed by atoms with E-state index in [-0.39, 0.29) is 6.10 Å². The minimum absolute atomic E-state index is 0.320. The van der Waals surface area contributed by atoms with E-state index in [0.717, 1.165) is 5.56 Å². The van der Waals surface area contributed by atoms with E-state index in [1.54, 1.807) is 17.8 Å². The highest BCUT2D eigenvalue weighted by molar-refractivity contribution is 4.99. The molecule has 1 atom stereocenters. The van der Waals surface area contributed by atoms with Gasteiger partial charge in [-0.1, -0.05) is 13.8 Å². The van der Waals surface area contributed by atoms with Gasteiger partial charge >= 0.3 is 0 Å². The van der Waals surface area contributed by atoms with Gasteiger partial charge in [0.1, 0.15) is 0 Å². The molecule has 0 spiro atoms. The summed E-state index contributed by atoms with van der Waals surface area (Å²) in [6.07, 6.45) is 3.37. The Morgan fingerprint density at radius 3 is 2.50 bits per heavy atom. The second-order valence-electron chi connectivity index (χ2n) is 2.59. The lowest BCUT2D eigenvalue weighted by Crippen LogP contribution is -2.11. The predicted octanol–water partition coefficient (Wildman–Crippen LogP) is 1.60. The van der Waals surface area contributed by atoms with E-state index in [1.807, 2.05) is 27.0 Å². The molecule has 70 valence electrons. The first-order valence-corrected chi connectivity index (χ1v) is 4.35. The summed E-state index contributed by atoms with van der Waals surface area (Å²) >= 11 is 0. The van der Waals surface area contributed by atoms with Crippen LogP contribution in [0.4, 0.5) is 0 Å². The Morgan fingerprint density at radius 1 is 1.58 bits per heavy atom. The van der Waals surface area contributed by atoms with E-state index in [4.69, 9.17) is 5.11 Å². The van der Waals surface area contributed by atoms with Crippen LogP contribution in [-0.4, -0.2) is 21.0 Å². The smallest absolute Gasteiger partial charge is 0.0708 e. The summed E-state index contributed by atoms with van der Waals surface area (Å²) in [7, 11) is 0. The lowest BCUT2D eigenvalue weighted by Gasteiger charge is -2.02. The number of nitrogens with zero attached hydrogens (tertiary/aromatic N) is 2. The minimum atomic E-state index is -0.320. The molecule has 0 fully saturated rings. The number of aliphatic hydroxyl groups is 1. The highest BCUT2D eigenvalue weighted by Gasteiger charge is 1.97. The highest BCUT2D eigenvalue weighted by atomic mass is 16.3. The first kappa shape index (κ1) is 11.2. The third-order valence-electron chi connectivity index (χ3n) is 1.21. The maximum atomic E-state index is 8.95. The topological polar surface area (TPSA) is 38.0 Å². The van der Waals surface area contributed by atoms with E-state index in [2.05, 4.69) is 5.10 Å². The Labute approximate surface area is 74.0 Å². The summed E-state index contributed by atoms with van der Waals surface area (Å²) in [6, 6.07) is 0. The maximum Gasteiger partial charge on any atom is 0.0708 e. The first-order valence-electron chi connectivity index (χ1n) is 4.35. The Bertz CT molecular complexity index is 206. The van der Waals surface area contributed by atoms with Crippen molar-refractivity contribution in [2.45, 2.75) is 40.3 Å². The van der Waals surface area contributed by atoms with Gasteiger partial charge < -0.3 is 5.11 Å². The van der Waals surface area contributed by atoms with Gasteiger partial charge in [-0.05, 0) is 19.4 Å². The standard InChI is InChI=1S/C7H12N2O.C2H6/c1-6-3-8-9(4-6)5-7(2)10;1-2/h3-4,7,10H,5H2,1-2H3;1-2H3. The van der Waals surface area contributed by atoms with E-state index in [9.17, 15) is 0 Å². The Balaban J connectivity index is 0.000000561.